The van der Waals surface area contributed by atoms with Gasteiger partial charge in [0, 0.05) is 24.3 Å². The molecule has 1 amide bonds. The van der Waals surface area contributed by atoms with E-state index in [1.165, 1.54) is 0 Å². The molecule has 0 saturated carbocycles. The normalized spacial score (nSPS) is 14.6. The summed E-state index contributed by atoms with van der Waals surface area (Å²) in [6, 6.07) is 9.48. The molecule has 0 bridgehead atoms. The van der Waals surface area contributed by atoms with Gasteiger partial charge in [0.2, 0.25) is 0 Å². The van der Waals surface area contributed by atoms with Gasteiger partial charge in [-0.15, -0.1) is 0 Å². The molecule has 1 N–H and O–H groups in total. The van der Waals surface area contributed by atoms with E-state index in [9.17, 15) is 4.79 Å². The zero-order chi connectivity index (χ0) is 18.1. The van der Waals surface area contributed by atoms with Crippen LogP contribution in [0.3, 0.4) is 0 Å². The number of hydrogen-bond donors (Lipinski definition) is 1. The maximum atomic E-state index is 12.4. The van der Waals surface area contributed by atoms with E-state index in [-0.39, 0.29) is 5.91 Å². The summed E-state index contributed by atoms with van der Waals surface area (Å²) in [7, 11) is 0. The molecule has 0 unspecified atom stereocenters. The van der Waals surface area contributed by atoms with Gasteiger partial charge in [0.25, 0.3) is 11.9 Å². The van der Waals surface area contributed by atoms with Crippen molar-refractivity contribution in [3.8, 4) is 0 Å². The number of amides is 1. The van der Waals surface area contributed by atoms with E-state index in [1.54, 1.807) is 18.2 Å². The molecule has 1 aliphatic rings. The number of oxazole rings is 1. The Labute approximate surface area is 158 Å². The zero-order valence-electron chi connectivity index (χ0n) is 14.2. The number of rotatable bonds is 3. The predicted molar refractivity (Wildman–Crippen MR) is 102 cm³/mol. The summed E-state index contributed by atoms with van der Waals surface area (Å²) in [4.78, 5) is 23.2. The molecular formula is C18H17BrN4O3. The van der Waals surface area contributed by atoms with Gasteiger partial charge in [0.15, 0.2) is 5.58 Å². The molecule has 1 saturated heterocycles. The van der Waals surface area contributed by atoms with E-state index >= 15 is 0 Å². The second kappa shape index (κ2) is 7.05. The summed E-state index contributed by atoms with van der Waals surface area (Å²) in [5.41, 5.74) is 3.28. The fourth-order valence-corrected chi connectivity index (χ4v) is 3.20. The van der Waals surface area contributed by atoms with Gasteiger partial charge in [-0.3, -0.25) is 4.79 Å². The molecule has 0 atom stereocenters. The van der Waals surface area contributed by atoms with Crippen molar-refractivity contribution in [2.75, 3.05) is 36.5 Å². The fourth-order valence-electron chi connectivity index (χ4n) is 2.86. The third-order valence-electron chi connectivity index (χ3n) is 4.27. The third kappa shape index (κ3) is 3.30. The molecule has 26 heavy (non-hydrogen) atoms. The lowest BCUT2D eigenvalue weighted by Crippen LogP contribution is -2.36. The molecule has 0 spiro atoms. The van der Waals surface area contributed by atoms with Crippen LogP contribution in [-0.4, -0.2) is 42.2 Å². The summed E-state index contributed by atoms with van der Waals surface area (Å²) in [6.07, 6.45) is 0. The van der Waals surface area contributed by atoms with Crippen molar-refractivity contribution in [3.05, 3.63) is 46.2 Å². The van der Waals surface area contributed by atoms with Gasteiger partial charge in [-0.1, -0.05) is 6.07 Å². The Hall–Kier alpha value is -2.45. The first-order chi connectivity index (χ1) is 12.6. The summed E-state index contributed by atoms with van der Waals surface area (Å²) in [5.74, 6) is -0.276. The molecule has 1 aliphatic heterocycles. The van der Waals surface area contributed by atoms with Crippen molar-refractivity contribution in [3.63, 3.8) is 0 Å². The Morgan fingerprint density at radius 3 is 2.77 bits per heavy atom. The van der Waals surface area contributed by atoms with Gasteiger partial charge < -0.3 is 19.4 Å². The number of hydrogen-bond acceptors (Lipinski definition) is 6. The number of pyridine rings is 1. The fraction of sp³-hybridized carbons (Fsp3) is 0.278. The molecule has 7 nitrogen and oxygen atoms in total. The first-order valence-electron chi connectivity index (χ1n) is 8.28. The van der Waals surface area contributed by atoms with E-state index in [1.807, 2.05) is 19.1 Å². The number of halogens is 1. The van der Waals surface area contributed by atoms with Crippen molar-refractivity contribution in [2.45, 2.75) is 6.92 Å². The first kappa shape index (κ1) is 17.0. The number of carbonyl (C=O) groups excluding carboxylic acids is 1. The monoisotopic (exact) mass is 416 g/mol. The SMILES string of the molecule is Cc1c(NC(=O)c2cccc(Br)n2)ccc2nc(N3CCOCC3)oc12. The number of ether oxygens (including phenoxy) is 1. The number of nitrogens with zero attached hydrogens (tertiary/aromatic N) is 3. The van der Waals surface area contributed by atoms with Gasteiger partial charge in [-0.05, 0) is 47.1 Å². The summed E-state index contributed by atoms with van der Waals surface area (Å²) in [5, 5.41) is 2.89. The van der Waals surface area contributed by atoms with E-state index in [0.717, 1.165) is 24.2 Å². The first-order valence-corrected chi connectivity index (χ1v) is 9.08. The van der Waals surface area contributed by atoms with Crippen molar-refractivity contribution < 1.29 is 13.9 Å². The van der Waals surface area contributed by atoms with Crippen LogP contribution in [0, 0.1) is 6.92 Å². The number of benzene rings is 1. The summed E-state index contributed by atoms with van der Waals surface area (Å²) in [6.45, 7) is 4.74. The number of morpholine rings is 1. The predicted octanol–water partition coefficient (Wildman–Crippen LogP) is 3.38. The van der Waals surface area contributed by atoms with Gasteiger partial charge in [0.1, 0.15) is 15.8 Å². The second-order valence-electron chi connectivity index (χ2n) is 5.98. The molecule has 1 aromatic carbocycles. The molecule has 134 valence electrons. The smallest absolute Gasteiger partial charge is 0.298 e. The molecule has 1 fully saturated rings. The van der Waals surface area contributed by atoms with Gasteiger partial charge in [-0.25, -0.2) is 4.98 Å². The van der Waals surface area contributed by atoms with Crippen LogP contribution in [0.5, 0.6) is 0 Å². The van der Waals surface area contributed by atoms with Crippen LogP contribution in [-0.2, 0) is 4.74 Å². The standard InChI is InChI=1S/C18H17BrN4O3/c1-11-12(21-17(24)14-3-2-4-15(19)20-14)5-6-13-16(11)26-18(22-13)23-7-9-25-10-8-23/h2-6H,7-10H2,1H3,(H,21,24). The topological polar surface area (TPSA) is 80.5 Å². The number of carbonyl (C=O) groups is 1. The highest BCUT2D eigenvalue weighted by molar-refractivity contribution is 9.10. The van der Waals surface area contributed by atoms with Crippen LogP contribution in [0.4, 0.5) is 11.7 Å². The lowest BCUT2D eigenvalue weighted by Gasteiger charge is -2.24. The summed E-state index contributed by atoms with van der Waals surface area (Å²) >= 11 is 3.28. The largest absolute Gasteiger partial charge is 0.423 e. The maximum Gasteiger partial charge on any atom is 0.298 e. The van der Waals surface area contributed by atoms with Crippen LogP contribution < -0.4 is 10.2 Å². The Bertz CT molecular complexity index is 966. The van der Waals surface area contributed by atoms with Crippen LogP contribution in [0.2, 0.25) is 0 Å². The lowest BCUT2D eigenvalue weighted by molar-refractivity contribution is 0.102. The van der Waals surface area contributed by atoms with E-state index in [0.29, 0.717) is 40.8 Å². The maximum absolute atomic E-state index is 12.4. The van der Waals surface area contributed by atoms with E-state index in [4.69, 9.17) is 9.15 Å². The average Bonchev–Trinajstić information content (AvgIpc) is 3.10. The molecule has 2 aromatic heterocycles. The second-order valence-corrected chi connectivity index (χ2v) is 6.79. The molecule has 4 rings (SSSR count). The minimum atomic E-state index is -0.276. The highest BCUT2D eigenvalue weighted by Crippen LogP contribution is 2.30. The van der Waals surface area contributed by atoms with Gasteiger partial charge >= 0.3 is 0 Å². The molecule has 3 heterocycles. The van der Waals surface area contributed by atoms with Gasteiger partial charge in [-0.2, -0.15) is 4.98 Å². The average molecular weight is 417 g/mol. The number of aromatic nitrogens is 2. The Kier molecular flexibility index (Phi) is 4.60. The number of nitrogens with one attached hydrogen (secondary N) is 1. The zero-order valence-corrected chi connectivity index (χ0v) is 15.7. The van der Waals surface area contributed by atoms with Crippen LogP contribution in [0.25, 0.3) is 11.1 Å². The minimum absolute atomic E-state index is 0.276. The number of anilines is 2. The third-order valence-corrected chi connectivity index (χ3v) is 4.71. The lowest BCUT2D eigenvalue weighted by atomic mass is 10.1. The van der Waals surface area contributed by atoms with Crippen LogP contribution >= 0.6 is 15.9 Å². The van der Waals surface area contributed by atoms with Gasteiger partial charge in [0.05, 0.1) is 13.2 Å². The Morgan fingerprint density at radius 2 is 2.00 bits per heavy atom. The molecule has 8 heteroatoms. The van der Waals surface area contributed by atoms with Crippen molar-refractivity contribution in [1.29, 1.82) is 0 Å². The Balaban J connectivity index is 1.61. The van der Waals surface area contributed by atoms with Crippen LogP contribution in [0.15, 0.2) is 39.4 Å². The van der Waals surface area contributed by atoms with E-state index < -0.39 is 0 Å². The van der Waals surface area contributed by atoms with Crippen molar-refractivity contribution >= 4 is 44.6 Å². The van der Waals surface area contributed by atoms with Crippen molar-refractivity contribution in [2.24, 2.45) is 0 Å². The highest BCUT2D eigenvalue weighted by atomic mass is 79.9. The molecular weight excluding hydrogens is 400 g/mol. The highest BCUT2D eigenvalue weighted by Gasteiger charge is 2.19. The molecule has 0 aliphatic carbocycles. The summed E-state index contributed by atoms with van der Waals surface area (Å²) < 4.78 is 11.9. The Morgan fingerprint density at radius 1 is 1.19 bits per heavy atom. The van der Waals surface area contributed by atoms with E-state index in [2.05, 4.69) is 36.1 Å². The number of fused-ring (bicyclic) bond motifs is 1. The number of aryl methyl sites for hydroxylation is 1. The minimum Gasteiger partial charge on any atom is -0.423 e. The molecule has 0 radical (unpaired) electrons. The quantitative estimate of drug-likeness (QED) is 0.659. The van der Waals surface area contributed by atoms with Crippen LogP contribution in [0.1, 0.15) is 16.1 Å². The van der Waals surface area contributed by atoms with Crippen molar-refractivity contribution in [1.82, 2.24) is 9.97 Å². The molecule has 3 aromatic rings.